The lowest BCUT2D eigenvalue weighted by atomic mass is 10.2. The van der Waals surface area contributed by atoms with Gasteiger partial charge in [0.25, 0.3) is 5.89 Å². The first kappa shape index (κ1) is 15.3. The fourth-order valence-corrected chi connectivity index (χ4v) is 3.22. The first-order chi connectivity index (χ1) is 12.1. The Kier molecular flexibility index (Phi) is 3.69. The predicted molar refractivity (Wildman–Crippen MR) is 91.5 cm³/mol. The van der Waals surface area contributed by atoms with Gasteiger partial charge in [0.1, 0.15) is 13.1 Å². The molecular weight excluding hydrogens is 344 g/mol. The van der Waals surface area contributed by atoms with Crippen molar-refractivity contribution in [3.63, 3.8) is 0 Å². The van der Waals surface area contributed by atoms with Gasteiger partial charge in [0, 0.05) is 0 Å². The second-order valence-corrected chi connectivity index (χ2v) is 6.30. The maximum absolute atomic E-state index is 12.6. The molecule has 8 nitrogen and oxygen atoms in total. The number of benzene rings is 1. The van der Waals surface area contributed by atoms with Crippen LogP contribution in [0.2, 0.25) is 0 Å². The van der Waals surface area contributed by atoms with Crippen LogP contribution in [0.1, 0.15) is 0 Å². The van der Waals surface area contributed by atoms with E-state index in [2.05, 4.69) is 10.4 Å². The molecule has 3 heterocycles. The van der Waals surface area contributed by atoms with Crippen molar-refractivity contribution >= 4 is 34.5 Å². The van der Waals surface area contributed by atoms with Gasteiger partial charge in [0.2, 0.25) is 11.8 Å². The lowest BCUT2D eigenvalue weighted by molar-refractivity contribution is -0.122. The molecule has 1 aliphatic heterocycles. The van der Waals surface area contributed by atoms with Gasteiger partial charge in [-0.1, -0.05) is 18.2 Å². The van der Waals surface area contributed by atoms with Crippen molar-refractivity contribution in [2.45, 2.75) is 6.54 Å². The maximum Gasteiger partial charge on any atom is 0.437 e. The van der Waals surface area contributed by atoms with Crippen LogP contribution in [0.3, 0.4) is 0 Å². The van der Waals surface area contributed by atoms with Crippen molar-refractivity contribution in [3.8, 4) is 10.8 Å². The second-order valence-electron chi connectivity index (χ2n) is 5.35. The summed E-state index contributed by atoms with van der Waals surface area (Å²) in [5, 5.41) is 8.61. The highest BCUT2D eigenvalue weighted by atomic mass is 32.1. The van der Waals surface area contributed by atoms with Crippen molar-refractivity contribution in [2.75, 3.05) is 16.8 Å². The molecule has 2 aromatic heterocycles. The predicted octanol–water partition coefficient (Wildman–Crippen LogP) is 1.55. The third kappa shape index (κ3) is 2.85. The summed E-state index contributed by atoms with van der Waals surface area (Å²) in [6, 6.07) is 10.6. The van der Waals surface area contributed by atoms with Crippen LogP contribution in [0.25, 0.3) is 10.8 Å². The lowest BCUT2D eigenvalue weighted by Crippen LogP contribution is -2.44. The van der Waals surface area contributed by atoms with E-state index in [4.69, 9.17) is 4.42 Å². The van der Waals surface area contributed by atoms with Gasteiger partial charge in [0.05, 0.1) is 16.3 Å². The minimum absolute atomic E-state index is 0.111. The Morgan fingerprint density at radius 1 is 1.24 bits per heavy atom. The maximum atomic E-state index is 12.6. The van der Waals surface area contributed by atoms with Crippen LogP contribution in [0.4, 0.5) is 11.4 Å². The molecule has 0 fully saturated rings. The van der Waals surface area contributed by atoms with Crippen LogP contribution in [0, 0.1) is 0 Å². The number of rotatable bonds is 3. The summed E-state index contributed by atoms with van der Waals surface area (Å²) >= 11 is 1.38. The SMILES string of the molecule is O=C1CN(C(=O)Cn2nc(-c3cccs3)oc2=O)c2ccccc2N1. The molecule has 0 aliphatic carbocycles. The van der Waals surface area contributed by atoms with Crippen LogP contribution in [-0.4, -0.2) is 28.1 Å². The fourth-order valence-electron chi connectivity index (χ4n) is 2.58. The molecule has 4 rings (SSSR count). The molecule has 0 spiro atoms. The number of hydrogen-bond acceptors (Lipinski definition) is 6. The summed E-state index contributed by atoms with van der Waals surface area (Å²) in [6.45, 7) is -0.421. The van der Waals surface area contributed by atoms with Gasteiger partial charge in [-0.2, -0.15) is 4.68 Å². The van der Waals surface area contributed by atoms with E-state index in [1.54, 1.807) is 30.3 Å². The van der Waals surface area contributed by atoms with E-state index in [1.807, 2.05) is 11.4 Å². The number of fused-ring (bicyclic) bond motifs is 1. The van der Waals surface area contributed by atoms with Crippen LogP contribution in [-0.2, 0) is 16.1 Å². The number of nitrogens with zero attached hydrogens (tertiary/aromatic N) is 3. The minimum atomic E-state index is -0.716. The number of amides is 2. The molecule has 0 radical (unpaired) electrons. The van der Waals surface area contributed by atoms with E-state index in [1.165, 1.54) is 16.2 Å². The number of para-hydroxylation sites is 2. The summed E-state index contributed by atoms with van der Waals surface area (Å²) < 4.78 is 6.06. The number of hydrogen-bond donors (Lipinski definition) is 1. The van der Waals surface area contributed by atoms with E-state index in [0.717, 1.165) is 4.68 Å². The first-order valence-electron chi connectivity index (χ1n) is 7.43. The van der Waals surface area contributed by atoms with Crippen molar-refractivity contribution in [1.29, 1.82) is 0 Å². The Balaban J connectivity index is 1.61. The number of thiophene rings is 1. The molecular formula is C16H12N4O4S. The highest BCUT2D eigenvalue weighted by molar-refractivity contribution is 7.13. The van der Waals surface area contributed by atoms with E-state index in [9.17, 15) is 14.4 Å². The zero-order valence-electron chi connectivity index (χ0n) is 12.8. The Labute approximate surface area is 145 Å². The van der Waals surface area contributed by atoms with Crippen molar-refractivity contribution in [1.82, 2.24) is 9.78 Å². The normalized spacial score (nSPS) is 13.4. The number of aromatic nitrogens is 2. The van der Waals surface area contributed by atoms with Crippen LogP contribution < -0.4 is 16.0 Å². The summed E-state index contributed by atoms with van der Waals surface area (Å²) in [7, 11) is 0. The van der Waals surface area contributed by atoms with Gasteiger partial charge in [-0.05, 0) is 23.6 Å². The van der Waals surface area contributed by atoms with Crippen LogP contribution in [0.15, 0.2) is 51.0 Å². The standard InChI is InChI=1S/C16H12N4O4S/c21-13-8-19(11-5-2-1-4-10(11)17-13)14(22)9-20-16(23)24-15(18-20)12-6-3-7-25-12/h1-7H,8-9H2,(H,17,21). The summed E-state index contributed by atoms with van der Waals surface area (Å²) in [6.07, 6.45) is 0. The Morgan fingerprint density at radius 3 is 2.88 bits per heavy atom. The molecule has 3 aromatic rings. The van der Waals surface area contributed by atoms with Crippen LogP contribution >= 0.6 is 11.3 Å². The molecule has 126 valence electrons. The zero-order valence-corrected chi connectivity index (χ0v) is 13.7. The van der Waals surface area contributed by atoms with Crippen molar-refractivity contribution < 1.29 is 14.0 Å². The molecule has 1 aromatic carbocycles. The van der Waals surface area contributed by atoms with Gasteiger partial charge < -0.3 is 9.73 Å². The van der Waals surface area contributed by atoms with Crippen molar-refractivity contribution in [3.05, 3.63) is 52.3 Å². The van der Waals surface area contributed by atoms with Gasteiger partial charge >= 0.3 is 5.76 Å². The molecule has 9 heteroatoms. The Morgan fingerprint density at radius 2 is 2.08 bits per heavy atom. The second kappa shape index (κ2) is 6.02. The summed E-state index contributed by atoms with van der Waals surface area (Å²) in [5.41, 5.74) is 1.14. The summed E-state index contributed by atoms with van der Waals surface area (Å²) in [5.74, 6) is -1.26. The minimum Gasteiger partial charge on any atom is -0.387 e. The highest BCUT2D eigenvalue weighted by Gasteiger charge is 2.27. The molecule has 0 bridgehead atoms. The third-order valence-electron chi connectivity index (χ3n) is 3.69. The quantitative estimate of drug-likeness (QED) is 0.768. The molecule has 0 saturated carbocycles. The number of carbonyl (C=O) groups is 2. The summed E-state index contributed by atoms with van der Waals surface area (Å²) in [4.78, 5) is 38.4. The fraction of sp³-hybridized carbons (Fsp3) is 0.125. The van der Waals surface area contributed by atoms with Gasteiger partial charge in [-0.25, -0.2) is 4.79 Å². The zero-order chi connectivity index (χ0) is 17.4. The monoisotopic (exact) mass is 356 g/mol. The van der Waals surface area contributed by atoms with E-state index in [0.29, 0.717) is 16.3 Å². The van der Waals surface area contributed by atoms with Gasteiger partial charge in [-0.3, -0.25) is 14.5 Å². The van der Waals surface area contributed by atoms with Crippen molar-refractivity contribution in [2.24, 2.45) is 0 Å². The van der Waals surface area contributed by atoms with Gasteiger partial charge in [-0.15, -0.1) is 16.4 Å². The molecule has 1 N–H and O–H groups in total. The molecule has 0 saturated heterocycles. The number of anilines is 2. The molecule has 0 unspecified atom stereocenters. The van der Waals surface area contributed by atoms with Gasteiger partial charge in [0.15, 0.2) is 0 Å². The average molecular weight is 356 g/mol. The molecule has 2 amide bonds. The van der Waals surface area contributed by atoms with Crippen LogP contribution in [0.5, 0.6) is 0 Å². The average Bonchev–Trinajstić information content (AvgIpc) is 3.24. The van der Waals surface area contributed by atoms with E-state index >= 15 is 0 Å². The Hall–Kier alpha value is -3.20. The number of nitrogens with one attached hydrogen (secondary N) is 1. The number of carbonyl (C=O) groups excluding carboxylic acids is 2. The highest BCUT2D eigenvalue weighted by Crippen LogP contribution is 2.29. The molecule has 0 atom stereocenters. The molecule has 25 heavy (non-hydrogen) atoms. The largest absolute Gasteiger partial charge is 0.437 e. The first-order valence-corrected chi connectivity index (χ1v) is 8.31. The lowest BCUT2D eigenvalue weighted by Gasteiger charge is -2.28. The van der Waals surface area contributed by atoms with E-state index < -0.39 is 11.7 Å². The van der Waals surface area contributed by atoms with E-state index in [-0.39, 0.29) is 24.9 Å². The molecule has 1 aliphatic rings. The Bertz CT molecular complexity index is 1010. The third-order valence-corrected chi connectivity index (χ3v) is 4.55. The smallest absolute Gasteiger partial charge is 0.387 e. The topological polar surface area (TPSA) is 97.4 Å².